The molecule has 2 heterocycles. The molecule has 2 N–H and O–H groups in total. The summed E-state index contributed by atoms with van der Waals surface area (Å²) in [4.78, 5) is 19.7. The zero-order valence-electron chi connectivity index (χ0n) is 10.8. The molecule has 0 fully saturated rings. The van der Waals surface area contributed by atoms with E-state index in [1.54, 1.807) is 23.5 Å². The molecule has 0 aromatic carbocycles. The summed E-state index contributed by atoms with van der Waals surface area (Å²) in [6.07, 6.45) is 0.700. The van der Waals surface area contributed by atoms with Gasteiger partial charge in [0.2, 0.25) is 0 Å². The number of hydrogen-bond acceptors (Lipinski definition) is 5. The van der Waals surface area contributed by atoms with Gasteiger partial charge >= 0.3 is 5.97 Å². The first-order valence-corrected chi connectivity index (χ1v) is 6.85. The minimum absolute atomic E-state index is 0.254. The third-order valence-corrected chi connectivity index (χ3v) is 3.43. The lowest BCUT2D eigenvalue weighted by atomic mass is 10.2. The fourth-order valence-electron chi connectivity index (χ4n) is 1.65. The third-order valence-electron chi connectivity index (χ3n) is 2.60. The molecule has 0 aliphatic carbocycles. The number of nitrogens with zero attached hydrogens (tertiary/aromatic N) is 2. The number of thiazole rings is 1. The highest BCUT2D eigenvalue weighted by Crippen LogP contribution is 2.14. The molecule has 19 heavy (non-hydrogen) atoms. The van der Waals surface area contributed by atoms with E-state index in [2.05, 4.69) is 15.3 Å². The van der Waals surface area contributed by atoms with Gasteiger partial charge in [0.25, 0.3) is 0 Å². The van der Waals surface area contributed by atoms with Crippen LogP contribution in [0.1, 0.15) is 33.7 Å². The minimum atomic E-state index is -0.940. The van der Waals surface area contributed by atoms with E-state index in [4.69, 9.17) is 5.11 Å². The summed E-state index contributed by atoms with van der Waals surface area (Å²) >= 11 is 1.59. The molecule has 2 aromatic heterocycles. The summed E-state index contributed by atoms with van der Waals surface area (Å²) in [7, 11) is 0. The lowest BCUT2D eigenvalue weighted by Gasteiger charge is -2.07. The van der Waals surface area contributed by atoms with E-state index >= 15 is 0 Å². The fourth-order valence-corrected chi connectivity index (χ4v) is 2.27. The summed E-state index contributed by atoms with van der Waals surface area (Å²) < 4.78 is 0. The van der Waals surface area contributed by atoms with Gasteiger partial charge in [0, 0.05) is 11.1 Å². The molecule has 0 radical (unpaired) electrons. The molecule has 2 aromatic rings. The van der Waals surface area contributed by atoms with Crippen LogP contribution in [0, 0.1) is 6.92 Å². The van der Waals surface area contributed by atoms with Gasteiger partial charge in [0.1, 0.15) is 5.82 Å². The summed E-state index contributed by atoms with van der Waals surface area (Å²) in [5.41, 5.74) is 1.95. The number of nitrogens with one attached hydrogen (secondary N) is 1. The number of carboxylic acids is 1. The molecular formula is C13H15N3O2S. The van der Waals surface area contributed by atoms with Crippen molar-refractivity contribution in [2.45, 2.75) is 26.8 Å². The highest BCUT2D eigenvalue weighted by Gasteiger charge is 2.08. The number of aromatic carboxylic acids is 1. The normalized spacial score (nSPS) is 10.4. The van der Waals surface area contributed by atoms with Gasteiger partial charge in [-0.25, -0.2) is 14.8 Å². The van der Waals surface area contributed by atoms with Gasteiger partial charge in [-0.1, -0.05) is 6.92 Å². The first kappa shape index (κ1) is 13.5. The maximum absolute atomic E-state index is 11.0. The molecule has 2 rings (SSSR count). The van der Waals surface area contributed by atoms with E-state index in [1.165, 1.54) is 0 Å². The largest absolute Gasteiger partial charge is 0.478 e. The predicted molar refractivity (Wildman–Crippen MR) is 74.8 cm³/mol. The Hall–Kier alpha value is -1.95. The number of pyridine rings is 1. The number of aryl methyl sites for hydroxylation is 2. The smallest absolute Gasteiger partial charge is 0.335 e. The summed E-state index contributed by atoms with van der Waals surface area (Å²) in [5.74, 6) is -0.368. The van der Waals surface area contributed by atoms with Crippen LogP contribution < -0.4 is 5.32 Å². The van der Waals surface area contributed by atoms with Crippen LogP contribution in [0.5, 0.6) is 0 Å². The van der Waals surface area contributed by atoms with Crippen LogP contribution in [-0.2, 0) is 13.0 Å². The number of hydrogen-bond donors (Lipinski definition) is 2. The molecular weight excluding hydrogens is 262 g/mol. The molecule has 0 spiro atoms. The predicted octanol–water partition coefficient (Wildman–Crippen LogP) is 2.72. The van der Waals surface area contributed by atoms with Crippen molar-refractivity contribution < 1.29 is 9.90 Å². The number of carboxylic acid groups (broad SMARTS) is 1. The maximum atomic E-state index is 11.0. The Kier molecular flexibility index (Phi) is 4.11. The Labute approximate surface area is 115 Å². The Morgan fingerprint density at radius 3 is 2.74 bits per heavy atom. The van der Waals surface area contributed by atoms with Crippen molar-refractivity contribution in [1.29, 1.82) is 0 Å². The molecule has 0 aliphatic rings. The van der Waals surface area contributed by atoms with Crippen molar-refractivity contribution in [3.8, 4) is 0 Å². The Bertz CT molecular complexity index is 595. The quantitative estimate of drug-likeness (QED) is 0.879. The second-order valence-corrected chi connectivity index (χ2v) is 5.16. The number of carbonyl (C=O) groups is 1. The van der Waals surface area contributed by atoms with Crippen molar-refractivity contribution in [2.24, 2.45) is 0 Å². The van der Waals surface area contributed by atoms with E-state index < -0.39 is 5.97 Å². The van der Waals surface area contributed by atoms with Crippen molar-refractivity contribution in [3.63, 3.8) is 0 Å². The molecule has 6 heteroatoms. The summed E-state index contributed by atoms with van der Waals surface area (Å²) in [6.45, 7) is 4.44. The van der Waals surface area contributed by atoms with Crippen molar-refractivity contribution >= 4 is 23.1 Å². The van der Waals surface area contributed by atoms with Crippen molar-refractivity contribution in [1.82, 2.24) is 9.97 Å². The van der Waals surface area contributed by atoms with Crippen LogP contribution >= 0.6 is 11.3 Å². The average Bonchev–Trinajstić information content (AvgIpc) is 2.81. The second kappa shape index (κ2) is 5.79. The van der Waals surface area contributed by atoms with Gasteiger partial charge in [-0.15, -0.1) is 11.3 Å². The van der Waals surface area contributed by atoms with Gasteiger partial charge < -0.3 is 10.4 Å². The topological polar surface area (TPSA) is 75.1 Å². The van der Waals surface area contributed by atoms with Crippen LogP contribution in [0.25, 0.3) is 0 Å². The number of anilines is 1. The van der Waals surface area contributed by atoms with Gasteiger partial charge in [-0.05, 0) is 25.5 Å². The van der Waals surface area contributed by atoms with Crippen LogP contribution in [0.4, 0.5) is 5.82 Å². The van der Waals surface area contributed by atoms with Gasteiger partial charge in [-0.2, -0.15) is 0 Å². The van der Waals surface area contributed by atoms with E-state index in [9.17, 15) is 4.79 Å². The van der Waals surface area contributed by atoms with E-state index in [0.29, 0.717) is 18.8 Å². The lowest BCUT2D eigenvalue weighted by Crippen LogP contribution is -2.06. The van der Waals surface area contributed by atoms with Gasteiger partial charge in [0.05, 0.1) is 22.8 Å². The highest BCUT2D eigenvalue weighted by molar-refractivity contribution is 7.09. The first-order chi connectivity index (χ1) is 9.08. The van der Waals surface area contributed by atoms with Gasteiger partial charge in [0.15, 0.2) is 0 Å². The second-order valence-electron chi connectivity index (χ2n) is 4.10. The SMILES string of the molecule is CCc1cc(C(=O)O)cc(NCc2csc(C)n2)n1. The molecule has 0 bridgehead atoms. The lowest BCUT2D eigenvalue weighted by molar-refractivity contribution is 0.0696. The number of rotatable bonds is 5. The summed E-state index contributed by atoms with van der Waals surface area (Å²) in [6, 6.07) is 3.14. The molecule has 0 amide bonds. The molecule has 100 valence electrons. The number of aromatic nitrogens is 2. The molecule has 0 saturated heterocycles. The van der Waals surface area contributed by atoms with Gasteiger partial charge in [-0.3, -0.25) is 0 Å². The van der Waals surface area contributed by atoms with Crippen molar-refractivity contribution in [3.05, 3.63) is 39.5 Å². The standard InChI is InChI=1S/C13H15N3O2S/c1-3-10-4-9(13(17)18)5-12(16-10)14-6-11-7-19-8(2)15-11/h4-5,7H,3,6H2,1-2H3,(H,14,16)(H,17,18). The zero-order chi connectivity index (χ0) is 13.8. The zero-order valence-corrected chi connectivity index (χ0v) is 11.6. The first-order valence-electron chi connectivity index (χ1n) is 5.97. The fraction of sp³-hybridized carbons (Fsp3) is 0.308. The molecule has 0 atom stereocenters. The summed E-state index contributed by atoms with van der Waals surface area (Å²) in [5, 5.41) is 15.2. The van der Waals surface area contributed by atoms with Crippen LogP contribution in [0.3, 0.4) is 0 Å². The molecule has 0 unspecified atom stereocenters. The molecule has 0 saturated carbocycles. The maximum Gasteiger partial charge on any atom is 0.335 e. The van der Waals surface area contributed by atoms with E-state index in [-0.39, 0.29) is 5.56 Å². The highest BCUT2D eigenvalue weighted by atomic mass is 32.1. The Morgan fingerprint density at radius 2 is 2.16 bits per heavy atom. The third kappa shape index (κ3) is 3.51. The van der Waals surface area contributed by atoms with Crippen LogP contribution in [0.2, 0.25) is 0 Å². The molecule has 5 nitrogen and oxygen atoms in total. The minimum Gasteiger partial charge on any atom is -0.478 e. The van der Waals surface area contributed by atoms with Crippen LogP contribution in [-0.4, -0.2) is 21.0 Å². The monoisotopic (exact) mass is 277 g/mol. The molecule has 0 aliphatic heterocycles. The Morgan fingerprint density at radius 1 is 1.37 bits per heavy atom. The van der Waals surface area contributed by atoms with E-state index in [1.807, 2.05) is 19.2 Å². The van der Waals surface area contributed by atoms with Crippen molar-refractivity contribution in [2.75, 3.05) is 5.32 Å². The van der Waals surface area contributed by atoms with Crippen LogP contribution in [0.15, 0.2) is 17.5 Å². The Balaban J connectivity index is 2.15. The average molecular weight is 277 g/mol. The van der Waals surface area contributed by atoms with E-state index in [0.717, 1.165) is 16.4 Å².